The third-order valence-corrected chi connectivity index (χ3v) is 9.41. The molecule has 45 heavy (non-hydrogen) atoms. The molecule has 3 aliphatic heterocycles. The Labute approximate surface area is 270 Å². The number of benzene rings is 1. The highest BCUT2D eigenvalue weighted by Gasteiger charge is 2.75. The maximum atomic E-state index is 14.8. The zero-order chi connectivity index (χ0) is 33.1. The number of anilines is 1. The molecule has 3 fully saturated rings. The van der Waals surface area contributed by atoms with Crippen molar-refractivity contribution in [2.75, 3.05) is 24.6 Å². The Morgan fingerprint density at radius 3 is 2.62 bits per heavy atom. The first kappa shape index (κ1) is 34.7. The van der Waals surface area contributed by atoms with E-state index in [4.69, 9.17) is 21.1 Å². The molecule has 1 aromatic rings. The quantitative estimate of drug-likeness (QED) is 0.219. The van der Waals surface area contributed by atoms with E-state index < -0.39 is 59.5 Å². The van der Waals surface area contributed by atoms with Crippen molar-refractivity contribution in [1.29, 1.82) is 0 Å². The lowest BCUT2D eigenvalue weighted by molar-refractivity contribution is -0.159. The number of halogens is 1. The van der Waals surface area contributed by atoms with Gasteiger partial charge < -0.3 is 29.7 Å². The van der Waals surface area contributed by atoms with Crippen molar-refractivity contribution in [2.24, 2.45) is 17.8 Å². The number of carbonyl (C=O) groups excluding carboxylic acids is 4. The van der Waals surface area contributed by atoms with Crippen LogP contribution in [-0.4, -0.2) is 83.3 Å². The number of nitrogens with one attached hydrogen (secondary N) is 1. The van der Waals surface area contributed by atoms with E-state index >= 15 is 0 Å². The fourth-order valence-electron chi connectivity index (χ4n) is 7.28. The van der Waals surface area contributed by atoms with E-state index in [9.17, 15) is 24.3 Å². The van der Waals surface area contributed by atoms with Gasteiger partial charge in [0, 0.05) is 13.0 Å². The number of rotatable bonds is 15. The zero-order valence-electron chi connectivity index (χ0n) is 26.7. The summed E-state index contributed by atoms with van der Waals surface area (Å²) in [5, 5.41) is 13.7. The highest BCUT2D eigenvalue weighted by Crippen LogP contribution is 2.59. The summed E-state index contributed by atoms with van der Waals surface area (Å²) in [6.07, 6.45) is 4.12. The molecule has 7 atom stereocenters. The standard InChI is InChI=1S/C34H46ClN3O7/c1-7-9-13-26(40)36-18-22(6)44-33(43)27-25-14-15-34(45-25)28(27)31(41)38(23(19-39)17-20(3)4)30(34)32(42)37(16-8-2)29-21(5)11-10-12-24(29)35/h7-8,10-12,20,22-23,25,27-28,30,39H,1-2,9,13-19H2,3-6H3,(H,36,40)/t22-,23+,25-,27+,28+,30-,34+/m0/s1. The van der Waals surface area contributed by atoms with Gasteiger partial charge in [0.25, 0.3) is 5.91 Å². The van der Waals surface area contributed by atoms with Crippen molar-refractivity contribution >= 4 is 41.0 Å². The molecule has 246 valence electrons. The number of likely N-dealkylation sites (tertiary alicyclic amines) is 1. The van der Waals surface area contributed by atoms with E-state index in [1.165, 1.54) is 9.80 Å². The lowest BCUT2D eigenvalue weighted by Gasteiger charge is -2.40. The number of aryl methyl sites for hydroxylation is 1. The summed E-state index contributed by atoms with van der Waals surface area (Å²) >= 11 is 6.63. The number of fused-ring (bicyclic) bond motifs is 1. The molecule has 2 N–H and O–H groups in total. The number of carbonyl (C=O) groups is 4. The molecule has 0 saturated carbocycles. The van der Waals surface area contributed by atoms with Gasteiger partial charge in [-0.3, -0.25) is 19.2 Å². The van der Waals surface area contributed by atoms with Crippen LogP contribution in [0.25, 0.3) is 0 Å². The molecule has 3 amide bonds. The molecule has 1 spiro atoms. The zero-order valence-corrected chi connectivity index (χ0v) is 27.4. The SMILES string of the molecule is C=CCCC(=O)NC[C@H](C)OC(=O)[C@@H]1[C@@H]2CC[C@]3(O2)[C@H](C(=O)N(CC=C)c2c(C)cccc2Cl)N([C@@H](CO)CC(C)C)C(=O)[C@@H]13. The number of aliphatic hydroxyl groups is 1. The van der Waals surface area contributed by atoms with Gasteiger partial charge in [0.15, 0.2) is 0 Å². The summed E-state index contributed by atoms with van der Waals surface area (Å²) in [4.78, 5) is 58.1. The first-order valence-corrected chi connectivity index (χ1v) is 16.2. The summed E-state index contributed by atoms with van der Waals surface area (Å²) in [5.74, 6) is -3.38. The summed E-state index contributed by atoms with van der Waals surface area (Å²) in [6, 6.07) is 3.58. The summed E-state index contributed by atoms with van der Waals surface area (Å²) in [7, 11) is 0. The summed E-state index contributed by atoms with van der Waals surface area (Å²) < 4.78 is 12.3. The molecule has 0 radical (unpaired) electrons. The maximum Gasteiger partial charge on any atom is 0.312 e. The van der Waals surface area contributed by atoms with E-state index in [1.54, 1.807) is 31.2 Å². The van der Waals surface area contributed by atoms with Crippen molar-refractivity contribution in [3.8, 4) is 0 Å². The monoisotopic (exact) mass is 643 g/mol. The van der Waals surface area contributed by atoms with Crippen LogP contribution in [0.1, 0.15) is 58.4 Å². The number of amides is 3. The van der Waals surface area contributed by atoms with Crippen LogP contribution in [0, 0.1) is 24.7 Å². The number of allylic oxidation sites excluding steroid dienone is 1. The highest BCUT2D eigenvalue weighted by molar-refractivity contribution is 6.34. The molecule has 0 aromatic heterocycles. The predicted octanol–water partition coefficient (Wildman–Crippen LogP) is 3.96. The number of hydrogen-bond donors (Lipinski definition) is 2. The van der Waals surface area contributed by atoms with E-state index in [2.05, 4.69) is 18.5 Å². The number of aliphatic hydroxyl groups excluding tert-OH is 1. The second kappa shape index (κ2) is 14.5. The fourth-order valence-corrected chi connectivity index (χ4v) is 7.61. The Morgan fingerprint density at radius 1 is 1.27 bits per heavy atom. The van der Waals surface area contributed by atoms with Crippen molar-refractivity contribution in [3.63, 3.8) is 0 Å². The lowest BCUT2D eigenvalue weighted by atomic mass is 9.70. The van der Waals surface area contributed by atoms with E-state index in [-0.39, 0.29) is 37.9 Å². The molecule has 3 saturated heterocycles. The van der Waals surface area contributed by atoms with Gasteiger partial charge in [-0.05, 0) is 57.1 Å². The first-order valence-electron chi connectivity index (χ1n) is 15.8. The first-order chi connectivity index (χ1) is 21.4. The molecule has 0 unspecified atom stereocenters. The molecule has 3 aliphatic rings. The van der Waals surface area contributed by atoms with Gasteiger partial charge in [-0.1, -0.05) is 49.7 Å². The average Bonchev–Trinajstić information content (AvgIpc) is 3.64. The van der Waals surface area contributed by atoms with Crippen LogP contribution >= 0.6 is 11.6 Å². The third kappa shape index (κ3) is 6.69. The Balaban J connectivity index is 1.70. The van der Waals surface area contributed by atoms with Gasteiger partial charge in [-0.25, -0.2) is 0 Å². The number of hydrogen-bond acceptors (Lipinski definition) is 7. The minimum absolute atomic E-state index is 0.110. The van der Waals surface area contributed by atoms with Gasteiger partial charge in [0.1, 0.15) is 17.7 Å². The van der Waals surface area contributed by atoms with E-state index in [0.29, 0.717) is 36.4 Å². The van der Waals surface area contributed by atoms with E-state index in [0.717, 1.165) is 5.56 Å². The number of ether oxygens (including phenoxy) is 2. The van der Waals surface area contributed by atoms with Gasteiger partial charge >= 0.3 is 5.97 Å². The van der Waals surface area contributed by atoms with Crippen molar-refractivity contribution in [2.45, 2.75) is 89.7 Å². The molecule has 11 heteroatoms. The maximum absolute atomic E-state index is 14.8. The van der Waals surface area contributed by atoms with Crippen LogP contribution in [0.4, 0.5) is 5.69 Å². The molecule has 2 bridgehead atoms. The average molecular weight is 644 g/mol. The highest BCUT2D eigenvalue weighted by atomic mass is 35.5. The summed E-state index contributed by atoms with van der Waals surface area (Å²) in [5.41, 5.74) is -0.00994. The number of nitrogens with zero attached hydrogens (tertiary/aromatic N) is 2. The Bertz CT molecular complexity index is 1300. The molecule has 0 aliphatic carbocycles. The predicted molar refractivity (Wildman–Crippen MR) is 172 cm³/mol. The topological polar surface area (TPSA) is 125 Å². The van der Waals surface area contributed by atoms with Gasteiger partial charge in [-0.2, -0.15) is 0 Å². The Morgan fingerprint density at radius 2 is 2.00 bits per heavy atom. The molecular formula is C34H46ClN3O7. The summed E-state index contributed by atoms with van der Waals surface area (Å²) in [6.45, 7) is 14.8. The van der Waals surface area contributed by atoms with Crippen LogP contribution in [0.3, 0.4) is 0 Å². The number of esters is 1. The second-order valence-corrected chi connectivity index (χ2v) is 13.2. The van der Waals surface area contributed by atoms with Crippen molar-refractivity contribution in [3.05, 3.63) is 54.1 Å². The number of para-hydroxylation sites is 1. The lowest BCUT2D eigenvalue weighted by Crippen LogP contribution is -2.59. The van der Waals surface area contributed by atoms with Crippen molar-refractivity contribution in [1.82, 2.24) is 10.2 Å². The minimum atomic E-state index is -1.29. The molecule has 4 rings (SSSR count). The van der Waals surface area contributed by atoms with Gasteiger partial charge in [-0.15, -0.1) is 13.2 Å². The van der Waals surface area contributed by atoms with Crippen LogP contribution < -0.4 is 10.2 Å². The normalized spacial score (nSPS) is 26.4. The third-order valence-electron chi connectivity index (χ3n) is 9.11. The minimum Gasteiger partial charge on any atom is -0.460 e. The second-order valence-electron chi connectivity index (χ2n) is 12.8. The largest absolute Gasteiger partial charge is 0.460 e. The molecule has 3 heterocycles. The van der Waals surface area contributed by atoms with Crippen molar-refractivity contribution < 1.29 is 33.8 Å². The van der Waals surface area contributed by atoms with Crippen LogP contribution in [0.15, 0.2) is 43.5 Å². The van der Waals surface area contributed by atoms with Gasteiger partial charge in [0.05, 0.1) is 47.8 Å². The fraction of sp³-hybridized carbons (Fsp3) is 0.588. The molecular weight excluding hydrogens is 598 g/mol. The van der Waals surface area contributed by atoms with Crippen LogP contribution in [0.5, 0.6) is 0 Å². The Kier molecular flexibility index (Phi) is 11.2. The van der Waals surface area contributed by atoms with Crippen LogP contribution in [-0.2, 0) is 28.7 Å². The molecule has 1 aromatic carbocycles. The Hall–Kier alpha value is -3.21. The smallest absolute Gasteiger partial charge is 0.312 e. The van der Waals surface area contributed by atoms with Gasteiger partial charge in [0.2, 0.25) is 11.8 Å². The van der Waals surface area contributed by atoms with Crippen LogP contribution in [0.2, 0.25) is 5.02 Å². The van der Waals surface area contributed by atoms with E-state index in [1.807, 2.05) is 26.8 Å². The molecule has 10 nitrogen and oxygen atoms in total.